The number of nitrogens with one attached hydrogen (secondary N) is 1. The van der Waals surface area contributed by atoms with Crippen LogP contribution in [0.25, 0.3) is 33.1 Å². The van der Waals surface area contributed by atoms with Crippen molar-refractivity contribution in [1.29, 1.82) is 0 Å². The molecule has 2 aromatic heterocycles. The lowest BCUT2D eigenvalue weighted by Crippen LogP contribution is -2.27. The summed E-state index contributed by atoms with van der Waals surface area (Å²) >= 11 is 0. The van der Waals surface area contributed by atoms with Crippen molar-refractivity contribution in [1.82, 2.24) is 15.2 Å². The van der Waals surface area contributed by atoms with Crippen molar-refractivity contribution in [3.63, 3.8) is 0 Å². The second-order valence-electron chi connectivity index (χ2n) is 7.43. The van der Waals surface area contributed by atoms with E-state index in [1.54, 1.807) is 18.2 Å². The zero-order valence-corrected chi connectivity index (χ0v) is 15.5. The van der Waals surface area contributed by atoms with E-state index in [1.165, 1.54) is 0 Å². The molecule has 1 aliphatic heterocycles. The van der Waals surface area contributed by atoms with E-state index in [0.29, 0.717) is 6.04 Å². The molecule has 1 aliphatic rings. The van der Waals surface area contributed by atoms with Crippen molar-refractivity contribution < 1.29 is 9.90 Å². The van der Waals surface area contributed by atoms with Crippen LogP contribution in [0.3, 0.4) is 0 Å². The van der Waals surface area contributed by atoms with Gasteiger partial charge < -0.3 is 10.0 Å². The quantitative estimate of drug-likeness (QED) is 0.555. The minimum atomic E-state index is -0.924. The minimum Gasteiger partial charge on any atom is -0.478 e. The number of benzene rings is 2. The average molecular weight is 372 g/mol. The van der Waals surface area contributed by atoms with Crippen LogP contribution in [0.5, 0.6) is 0 Å². The number of carbonyl (C=O) groups is 1. The number of carboxylic acids is 1. The molecular weight excluding hydrogens is 352 g/mol. The number of aromatic nitrogens is 3. The Balaban J connectivity index is 1.75. The summed E-state index contributed by atoms with van der Waals surface area (Å²) in [6.45, 7) is 3.21. The average Bonchev–Trinajstić information content (AvgIpc) is 3.34. The monoisotopic (exact) mass is 372 g/mol. The first-order valence-corrected chi connectivity index (χ1v) is 9.48. The van der Waals surface area contributed by atoms with Gasteiger partial charge in [0.25, 0.3) is 0 Å². The van der Waals surface area contributed by atoms with Crippen LogP contribution in [0.15, 0.2) is 48.7 Å². The molecule has 5 rings (SSSR count). The lowest BCUT2D eigenvalue weighted by Gasteiger charge is -2.26. The van der Waals surface area contributed by atoms with Gasteiger partial charge in [0.1, 0.15) is 0 Å². The Hall–Kier alpha value is -3.41. The molecule has 28 heavy (non-hydrogen) atoms. The number of pyridine rings is 1. The predicted molar refractivity (Wildman–Crippen MR) is 110 cm³/mol. The highest BCUT2D eigenvalue weighted by Gasteiger charge is 2.24. The van der Waals surface area contributed by atoms with Crippen molar-refractivity contribution in [3.8, 4) is 11.3 Å². The fraction of sp³-hybridized carbons (Fsp3) is 0.227. The largest absolute Gasteiger partial charge is 0.478 e. The zero-order valence-electron chi connectivity index (χ0n) is 15.5. The van der Waals surface area contributed by atoms with E-state index in [2.05, 4.69) is 40.2 Å². The number of H-pyrrole nitrogens is 1. The maximum atomic E-state index is 11.4. The van der Waals surface area contributed by atoms with Crippen molar-refractivity contribution in [2.75, 3.05) is 11.4 Å². The molecule has 4 aromatic rings. The maximum absolute atomic E-state index is 11.4. The lowest BCUT2D eigenvalue weighted by molar-refractivity contribution is 0.0697. The van der Waals surface area contributed by atoms with E-state index in [9.17, 15) is 9.90 Å². The van der Waals surface area contributed by atoms with E-state index in [-0.39, 0.29) is 5.56 Å². The number of fused-ring (bicyclic) bond motifs is 2. The van der Waals surface area contributed by atoms with Gasteiger partial charge in [-0.05, 0) is 56.2 Å². The van der Waals surface area contributed by atoms with Gasteiger partial charge in [0.05, 0.1) is 34.2 Å². The van der Waals surface area contributed by atoms with Gasteiger partial charge in [-0.25, -0.2) is 9.78 Å². The van der Waals surface area contributed by atoms with Gasteiger partial charge in [-0.1, -0.05) is 6.07 Å². The number of hydrogen-bond donors (Lipinski definition) is 2. The number of anilines is 1. The van der Waals surface area contributed by atoms with Gasteiger partial charge in [-0.3, -0.25) is 5.10 Å². The summed E-state index contributed by atoms with van der Waals surface area (Å²) < 4.78 is 0. The molecule has 1 fully saturated rings. The molecule has 0 bridgehead atoms. The molecule has 0 aliphatic carbocycles. The molecule has 0 spiro atoms. The molecule has 0 amide bonds. The van der Waals surface area contributed by atoms with Gasteiger partial charge in [0.2, 0.25) is 0 Å². The van der Waals surface area contributed by atoms with Crippen LogP contribution in [-0.4, -0.2) is 38.8 Å². The van der Waals surface area contributed by atoms with Crippen molar-refractivity contribution in [2.24, 2.45) is 0 Å². The molecule has 140 valence electrons. The highest BCUT2D eigenvalue weighted by molar-refractivity contribution is 5.97. The highest BCUT2D eigenvalue weighted by atomic mass is 16.4. The normalized spacial score (nSPS) is 16.9. The highest BCUT2D eigenvalue weighted by Crippen LogP contribution is 2.37. The maximum Gasteiger partial charge on any atom is 0.335 e. The lowest BCUT2D eigenvalue weighted by atomic mass is 10.0. The molecule has 3 heterocycles. The molecule has 0 radical (unpaired) electrons. The Bertz CT molecular complexity index is 1210. The Morgan fingerprint density at radius 1 is 1.18 bits per heavy atom. The van der Waals surface area contributed by atoms with E-state index in [1.807, 2.05) is 12.3 Å². The van der Waals surface area contributed by atoms with E-state index < -0.39 is 5.97 Å². The number of aromatic carboxylic acids is 1. The predicted octanol–water partition coefficient (Wildman–Crippen LogP) is 4.47. The third-order valence-electron chi connectivity index (χ3n) is 5.62. The molecule has 1 atom stereocenters. The van der Waals surface area contributed by atoms with Crippen molar-refractivity contribution >= 4 is 33.5 Å². The Morgan fingerprint density at radius 3 is 2.86 bits per heavy atom. The molecule has 2 N–H and O–H groups in total. The second-order valence-corrected chi connectivity index (χ2v) is 7.43. The van der Waals surface area contributed by atoms with Crippen LogP contribution >= 0.6 is 0 Å². The van der Waals surface area contributed by atoms with Gasteiger partial charge >= 0.3 is 5.97 Å². The van der Waals surface area contributed by atoms with Gasteiger partial charge in [0, 0.05) is 28.9 Å². The second kappa shape index (κ2) is 6.34. The Kier molecular flexibility index (Phi) is 3.79. The number of nitrogens with zero attached hydrogens (tertiary/aromatic N) is 3. The molecule has 1 saturated heterocycles. The third-order valence-corrected chi connectivity index (χ3v) is 5.62. The number of aromatic amines is 1. The molecule has 0 saturated carbocycles. The van der Waals surface area contributed by atoms with Gasteiger partial charge in [-0.15, -0.1) is 0 Å². The van der Waals surface area contributed by atoms with Crippen LogP contribution in [0.2, 0.25) is 0 Å². The van der Waals surface area contributed by atoms with Crippen LogP contribution < -0.4 is 4.90 Å². The number of carboxylic acid groups (broad SMARTS) is 1. The molecule has 2 aromatic carbocycles. The first kappa shape index (κ1) is 16.7. The van der Waals surface area contributed by atoms with Crippen LogP contribution in [-0.2, 0) is 0 Å². The molecule has 6 nitrogen and oxygen atoms in total. The van der Waals surface area contributed by atoms with Crippen LogP contribution in [0.1, 0.15) is 30.1 Å². The smallest absolute Gasteiger partial charge is 0.335 e. The number of rotatable bonds is 3. The summed E-state index contributed by atoms with van der Waals surface area (Å²) in [5.74, 6) is -0.924. The molecule has 6 heteroatoms. The van der Waals surface area contributed by atoms with Gasteiger partial charge in [-0.2, -0.15) is 5.10 Å². The van der Waals surface area contributed by atoms with Crippen molar-refractivity contribution in [2.45, 2.75) is 25.8 Å². The SMILES string of the molecule is C[C@H]1CCCN1c1cc2cc(C(=O)O)ccc2nc1-c1ccc2[nH]ncc2c1. The van der Waals surface area contributed by atoms with Crippen molar-refractivity contribution in [3.05, 3.63) is 54.2 Å². The fourth-order valence-corrected chi connectivity index (χ4v) is 4.11. The Labute approximate surface area is 161 Å². The van der Waals surface area contributed by atoms with Crippen LogP contribution in [0, 0.1) is 0 Å². The summed E-state index contributed by atoms with van der Waals surface area (Å²) in [6, 6.07) is 13.8. The van der Waals surface area contributed by atoms with E-state index in [4.69, 9.17) is 4.98 Å². The summed E-state index contributed by atoms with van der Waals surface area (Å²) in [7, 11) is 0. The minimum absolute atomic E-state index is 0.280. The first-order valence-electron chi connectivity index (χ1n) is 9.48. The summed E-state index contributed by atoms with van der Waals surface area (Å²) in [5, 5.41) is 18.3. The van der Waals surface area contributed by atoms with E-state index in [0.717, 1.165) is 58.1 Å². The first-order chi connectivity index (χ1) is 13.6. The third kappa shape index (κ3) is 2.69. The fourth-order valence-electron chi connectivity index (χ4n) is 4.11. The van der Waals surface area contributed by atoms with Gasteiger partial charge in [0.15, 0.2) is 0 Å². The number of hydrogen-bond acceptors (Lipinski definition) is 4. The van der Waals surface area contributed by atoms with Crippen LogP contribution in [0.4, 0.5) is 5.69 Å². The zero-order chi connectivity index (χ0) is 19.3. The molecule has 0 unspecified atom stereocenters. The molecular formula is C22H20N4O2. The summed E-state index contributed by atoms with van der Waals surface area (Å²) in [6.07, 6.45) is 4.11. The summed E-state index contributed by atoms with van der Waals surface area (Å²) in [5.41, 5.74) is 5.08. The topological polar surface area (TPSA) is 82.1 Å². The Morgan fingerprint density at radius 2 is 2.07 bits per heavy atom. The standard InChI is InChI=1S/C22H20N4O2/c1-13-3-2-8-26(13)20-11-16-10-15(22(27)28)5-6-18(16)24-21(20)14-4-7-19-17(9-14)12-23-25-19/h4-7,9-13H,2-3,8H2,1H3,(H,23,25)(H,27,28)/t13-/m0/s1. The summed E-state index contributed by atoms with van der Waals surface area (Å²) in [4.78, 5) is 18.7. The van der Waals surface area contributed by atoms with E-state index >= 15 is 0 Å².